The van der Waals surface area contributed by atoms with Crippen LogP contribution in [-0.4, -0.2) is 224 Å². The van der Waals surface area contributed by atoms with E-state index in [1.807, 2.05) is 84.9 Å². The van der Waals surface area contributed by atoms with Crippen LogP contribution in [0.3, 0.4) is 0 Å². The number of fused-ring (bicyclic) bond motifs is 13. The maximum absolute atomic E-state index is 13.4. The van der Waals surface area contributed by atoms with E-state index in [0.717, 1.165) is 240 Å². The minimum atomic E-state index is -2.04. The number of hydrogen-bond acceptors (Lipinski definition) is 28. The molecule has 0 saturated carbocycles. The zero-order valence-electron chi connectivity index (χ0n) is 84.3. The van der Waals surface area contributed by atoms with Crippen molar-refractivity contribution in [3.63, 3.8) is 0 Å². The number of halogens is 8. The lowest BCUT2D eigenvalue weighted by molar-refractivity contribution is -0.386. The van der Waals surface area contributed by atoms with E-state index in [2.05, 4.69) is 315 Å². The van der Waals surface area contributed by atoms with Gasteiger partial charge in [0.2, 0.25) is 0 Å². The molecule has 0 saturated heterocycles. The van der Waals surface area contributed by atoms with E-state index in [4.69, 9.17) is 66.8 Å². The Morgan fingerprint density at radius 2 is 0.752 bits per heavy atom. The second-order valence-corrected chi connectivity index (χ2v) is 52.5. The summed E-state index contributed by atoms with van der Waals surface area (Å²) in [5.41, 5.74) is 16.5. The second kappa shape index (κ2) is 50.9. The standard InChI is InChI=1S/C21H24N2O3Si.C21H26N2O2Si.C19H20Br2N2O2.C9H10BrNO.C8H8BrNO3.C8H6BrNO2.C8H8BrNO.C7H7BrO.C6H4BrNO3.CO2/c1-22-5-7-25-17-9-13-19(11-15(17)22)27(3,4)20-12-16-18(10-14(20)21(13)24)26-8-6-23(16)2;1-22-5-7-24-18-10-14-9-15-11-19-17(23(2)6-8-25-19)13-21(15)26(3,4)20(14)12-16(18)22;1-22-3-5-24-18-8-12(14(20)10-16(18)22)7-13-9-19-17(11-15(13)21)23(2)4-6-25-19;1-11-4-5-12-9-3-2-7(10)6-8(9)11;1-2-13-8-4-3-6(9)5-7(8)10(11)12;9-5-1-2-7-6(3-5)10-8(11)4-12-7;9-6-1-2-8-7(5-6)10-3-4-11-8;1-9-7-5-3-2-4-6(7)8;7-4-1-2-6(9)5(3-4)8(10)11;2-1-3/h9-12H,5-8H2,1-4H3;10-13H,5-9H2,1-4H3;8-11H,3-7H2,1-2H3;2-3,6H,4-5H2,1H3;3-5H,2H2,1H3;1-3H,4H2,(H,10,11);1-2,5,10H,3-4H2;2-5H,1H3;1-3,9H;. The molecule has 0 fully saturated rings. The van der Waals surface area contributed by atoms with Crippen LogP contribution in [0, 0.1) is 20.2 Å². The lowest BCUT2D eigenvalue weighted by Crippen LogP contribution is -2.60. The van der Waals surface area contributed by atoms with Crippen LogP contribution in [0.4, 0.5) is 62.6 Å². The van der Waals surface area contributed by atoms with Gasteiger partial charge in [-0.15, -0.1) is 0 Å². The van der Waals surface area contributed by atoms with Crippen LogP contribution < -0.4 is 118 Å². The first-order chi connectivity index (χ1) is 71.2. The summed E-state index contributed by atoms with van der Waals surface area (Å²) in [7, 11) is 12.6. The number of amides is 1. The van der Waals surface area contributed by atoms with Crippen LogP contribution >= 0.6 is 127 Å². The lowest BCUT2D eigenvalue weighted by Gasteiger charge is -2.38. The van der Waals surface area contributed by atoms with Crippen LogP contribution in [0.2, 0.25) is 26.2 Å². The number of nitro groups is 2. The number of anilines is 9. The molecular formula is C108H113Br8N11O20Si2. The van der Waals surface area contributed by atoms with Crippen LogP contribution in [0.15, 0.2) is 224 Å². The number of nitro benzene ring substituents is 2. The fourth-order valence-electron chi connectivity index (χ4n) is 18.1. The number of para-hydroxylation sites is 1. The highest BCUT2D eigenvalue weighted by Gasteiger charge is 2.43. The molecule has 31 nitrogen and oxygen atoms in total. The number of rotatable bonds is 7. The van der Waals surface area contributed by atoms with Gasteiger partial charge in [0, 0.05) is 110 Å². The number of carbonyl (C=O) groups is 2. The summed E-state index contributed by atoms with van der Waals surface area (Å²) >= 11 is 27.1. The minimum absolute atomic E-state index is 0.0174. The molecule has 0 radical (unpaired) electrons. The molecule has 0 aromatic heterocycles. The lowest BCUT2D eigenvalue weighted by atomic mass is 9.99. The molecular weight excluding hydrogens is 2470 g/mol. The maximum Gasteiger partial charge on any atom is 0.373 e. The van der Waals surface area contributed by atoms with Crippen LogP contribution in [0.1, 0.15) is 45.1 Å². The summed E-state index contributed by atoms with van der Waals surface area (Å²) in [6.45, 7) is 25.1. The number of nitrogens with zero attached hydrogens (tertiary/aromatic N) is 9. The molecule has 11 aliphatic rings. The predicted octanol–water partition coefficient (Wildman–Crippen LogP) is 21.2. The van der Waals surface area contributed by atoms with Gasteiger partial charge in [0.15, 0.2) is 23.9 Å². The third kappa shape index (κ3) is 27.4. The summed E-state index contributed by atoms with van der Waals surface area (Å²) in [5, 5.41) is 41.2. The van der Waals surface area contributed by atoms with Crippen molar-refractivity contribution < 1.29 is 86.2 Å². The van der Waals surface area contributed by atoms with Gasteiger partial charge in [0.05, 0.1) is 125 Å². The van der Waals surface area contributed by atoms with Gasteiger partial charge >= 0.3 is 17.5 Å². The molecule has 41 heteroatoms. The van der Waals surface area contributed by atoms with E-state index in [1.165, 1.54) is 68.3 Å². The molecule has 0 spiro atoms. The topological polar surface area (TPSA) is 323 Å². The molecule has 12 aromatic carbocycles. The molecule has 0 atom stereocenters. The number of nitrogens with one attached hydrogen (secondary N) is 2. The SMILES string of the molecule is Brc1ccc2c(c1)NCCO2.CCOc1ccc(Br)cc1[N+](=O)[O-].CN1CCOc2cc(Cc3cc4c(cc3Br)N(C)CCO4)c(Br)cc21.CN1CCOc2cc3c(cc21)[Si](C)(C)c1cc2c(cc1C3)OCCN2C.CN1CCOc2cc3c(cc21)[Si](C)(C)c1cc2c(cc1C3=O)OCCN2C.CN1CCOc2ccc(Br)cc21.COc1ccccc1Br.O=C1COc2ccc(Br)cc2N1.O=C=O.O=[N+]([O-])c1cc(Br)ccc1O. The van der Waals surface area contributed by atoms with Gasteiger partial charge in [-0.3, -0.25) is 29.8 Å². The van der Waals surface area contributed by atoms with Crippen molar-refractivity contribution in [3.05, 3.63) is 277 Å². The predicted molar refractivity (Wildman–Crippen MR) is 619 cm³/mol. The number of ether oxygens (including phenoxy) is 11. The van der Waals surface area contributed by atoms with Gasteiger partial charge in [-0.2, -0.15) is 9.59 Å². The number of aromatic hydroxyl groups is 1. The Balaban J connectivity index is 0.000000135. The van der Waals surface area contributed by atoms with Crippen molar-refractivity contribution in [3.8, 4) is 69.0 Å². The molecule has 0 bridgehead atoms. The average Bonchev–Trinajstić information content (AvgIpc) is 0.725. The Kier molecular flexibility index (Phi) is 38.6. The van der Waals surface area contributed by atoms with Gasteiger partial charge in [-0.05, 0) is 242 Å². The molecule has 0 aliphatic carbocycles. The summed E-state index contributed by atoms with van der Waals surface area (Å²) in [6.07, 6.45) is 2.03. The van der Waals surface area contributed by atoms with Crippen LogP contribution in [0.5, 0.6) is 69.0 Å². The normalized spacial score (nSPS) is 15.2. The number of benzene rings is 12. The zero-order valence-corrected chi connectivity index (χ0v) is 99.0. The van der Waals surface area contributed by atoms with Crippen LogP contribution in [-0.2, 0) is 27.2 Å². The molecule has 0 unspecified atom stereocenters. The third-order valence-electron chi connectivity index (χ3n) is 26.2. The fraction of sp³-hybridized carbons (Fsp3) is 0.306. The van der Waals surface area contributed by atoms with Gasteiger partial charge in [-0.25, -0.2) is 0 Å². The number of methoxy groups -OCH3 is 1. The van der Waals surface area contributed by atoms with Crippen molar-refractivity contribution in [2.75, 3.05) is 220 Å². The van der Waals surface area contributed by atoms with Gasteiger partial charge < -0.3 is 102 Å². The number of carbonyl (C=O) groups excluding carboxylic acids is 4. The summed E-state index contributed by atoms with van der Waals surface area (Å²) in [6, 6.07) is 60.4. The first-order valence-electron chi connectivity index (χ1n) is 47.7. The van der Waals surface area contributed by atoms with Crippen LogP contribution in [0.25, 0.3) is 0 Å². The minimum Gasteiger partial charge on any atom is -0.502 e. The second-order valence-electron chi connectivity index (χ2n) is 36.7. The Morgan fingerprint density at radius 1 is 0.396 bits per heavy atom. The maximum atomic E-state index is 13.4. The van der Waals surface area contributed by atoms with E-state index in [0.29, 0.717) is 34.5 Å². The quantitative estimate of drug-likeness (QED) is 0.0758. The van der Waals surface area contributed by atoms with E-state index in [9.17, 15) is 29.8 Å². The highest BCUT2D eigenvalue weighted by Crippen LogP contribution is 2.46. The van der Waals surface area contributed by atoms with Crippen molar-refractivity contribution in [1.82, 2.24) is 0 Å². The molecule has 12 aromatic rings. The Labute approximate surface area is 934 Å². The Hall–Kier alpha value is -11.8. The number of phenolic OH excluding ortho intramolecular Hbond substituents is 1. The molecule has 3 N–H and O–H groups in total. The van der Waals surface area contributed by atoms with E-state index >= 15 is 0 Å². The zero-order chi connectivity index (χ0) is 107. The molecule has 784 valence electrons. The molecule has 23 rings (SSSR count). The summed E-state index contributed by atoms with van der Waals surface area (Å²) in [5.74, 6) is 9.10. The first kappa shape index (κ1) is 113. The van der Waals surface area contributed by atoms with E-state index < -0.39 is 26.0 Å². The number of likely N-dealkylation sites (N-methyl/N-ethyl adjacent to an activating group) is 7. The smallest absolute Gasteiger partial charge is 0.373 e. The van der Waals surface area contributed by atoms with E-state index in [1.54, 1.807) is 36.5 Å². The summed E-state index contributed by atoms with van der Waals surface area (Å²) < 4.78 is 69.0. The monoisotopic (exact) mass is 2570 g/mol. The largest absolute Gasteiger partial charge is 0.502 e. The Morgan fingerprint density at radius 3 is 1.18 bits per heavy atom. The highest BCUT2D eigenvalue weighted by molar-refractivity contribution is 9.11. The van der Waals surface area contributed by atoms with Crippen molar-refractivity contribution >= 4 is 245 Å². The average molecular weight is 2580 g/mol. The third-order valence-corrected chi connectivity index (χ3v) is 37.9. The van der Waals surface area contributed by atoms with Crippen molar-refractivity contribution in [2.24, 2.45) is 0 Å². The Bertz CT molecular complexity index is 6800. The van der Waals surface area contributed by atoms with Gasteiger partial charge in [0.1, 0.15) is 126 Å². The van der Waals surface area contributed by atoms with Gasteiger partial charge in [0.25, 0.3) is 5.91 Å². The first-order valence-corrected chi connectivity index (χ1v) is 60.0. The fourth-order valence-corrected chi connectivity index (χ4v) is 27.5. The van der Waals surface area contributed by atoms with Crippen molar-refractivity contribution in [1.29, 1.82) is 0 Å². The van der Waals surface area contributed by atoms with Gasteiger partial charge in [-0.1, -0.05) is 150 Å². The molecule has 149 heavy (non-hydrogen) atoms. The number of hydrogen-bond donors (Lipinski definition) is 3. The number of phenols is 1. The summed E-state index contributed by atoms with van der Waals surface area (Å²) in [4.78, 5) is 75.9. The molecule has 11 aliphatic heterocycles. The number of ketones is 1. The highest BCUT2D eigenvalue weighted by atomic mass is 79.9. The van der Waals surface area contributed by atoms with Crippen molar-refractivity contribution in [2.45, 2.75) is 46.0 Å². The van der Waals surface area contributed by atoms with E-state index in [-0.39, 0.29) is 41.6 Å². The molecule has 1 amide bonds. The molecule has 11 heterocycles.